The van der Waals surface area contributed by atoms with Crippen LogP contribution in [-0.2, 0) is 6.54 Å². The molecular formula is C16H12N8O2S. The maximum absolute atomic E-state index is 10.8. The van der Waals surface area contributed by atoms with Crippen molar-refractivity contribution in [3.8, 4) is 0 Å². The molecule has 0 fully saturated rings. The van der Waals surface area contributed by atoms with Crippen molar-refractivity contribution >= 4 is 39.4 Å². The van der Waals surface area contributed by atoms with E-state index >= 15 is 0 Å². The topological polar surface area (TPSA) is 124 Å². The van der Waals surface area contributed by atoms with Crippen molar-refractivity contribution < 1.29 is 4.92 Å². The molecule has 11 heteroatoms. The lowest BCUT2D eigenvalue weighted by Gasteiger charge is -1.97. The molecule has 0 aliphatic rings. The molecule has 0 amide bonds. The molecule has 0 atom stereocenters. The van der Waals surface area contributed by atoms with Crippen LogP contribution in [0.5, 0.6) is 0 Å². The van der Waals surface area contributed by atoms with Crippen molar-refractivity contribution in [1.29, 1.82) is 0 Å². The summed E-state index contributed by atoms with van der Waals surface area (Å²) in [6, 6.07) is 13.9. The first-order valence-electron chi connectivity index (χ1n) is 7.83. The lowest BCUT2D eigenvalue weighted by atomic mass is 10.2. The van der Waals surface area contributed by atoms with Crippen molar-refractivity contribution in [3.63, 3.8) is 0 Å². The van der Waals surface area contributed by atoms with Crippen LogP contribution in [0, 0.1) is 10.1 Å². The summed E-state index contributed by atoms with van der Waals surface area (Å²) >= 11 is 1.34. The number of nitrogens with one attached hydrogen (secondary N) is 1. The van der Waals surface area contributed by atoms with Crippen LogP contribution in [0.1, 0.15) is 10.6 Å². The highest BCUT2D eigenvalue weighted by Gasteiger charge is 2.09. The molecule has 2 heterocycles. The Morgan fingerprint density at radius 1 is 1.19 bits per heavy atom. The number of para-hydroxylation sites is 1. The minimum absolute atomic E-state index is 0.0113. The van der Waals surface area contributed by atoms with Gasteiger partial charge in [0.05, 0.1) is 23.2 Å². The number of fused-ring (bicyclic) bond motifs is 1. The Hall–Kier alpha value is -3.73. The van der Waals surface area contributed by atoms with Crippen LogP contribution in [-0.4, -0.2) is 36.3 Å². The van der Waals surface area contributed by atoms with E-state index in [-0.39, 0.29) is 5.69 Å². The largest absolute Gasteiger partial charge is 0.270 e. The molecular weight excluding hydrogens is 368 g/mol. The normalized spacial score (nSPS) is 11.3. The zero-order valence-electron chi connectivity index (χ0n) is 13.8. The molecule has 0 spiro atoms. The Morgan fingerprint density at radius 3 is 2.96 bits per heavy atom. The summed E-state index contributed by atoms with van der Waals surface area (Å²) in [7, 11) is 0. The Bertz CT molecular complexity index is 1140. The highest BCUT2D eigenvalue weighted by molar-refractivity contribution is 7.15. The molecule has 1 N–H and O–H groups in total. The van der Waals surface area contributed by atoms with Crippen LogP contribution < -0.4 is 5.43 Å². The van der Waals surface area contributed by atoms with E-state index in [1.807, 2.05) is 24.3 Å². The average molecular weight is 380 g/mol. The van der Waals surface area contributed by atoms with Crippen LogP contribution in [0.4, 0.5) is 10.8 Å². The van der Waals surface area contributed by atoms with Crippen molar-refractivity contribution in [3.05, 3.63) is 69.2 Å². The standard InChI is InChI=1S/C16H12N8O2S/c25-24(26)12-5-3-4-11(8-12)9-17-20-16-21-19-15(27-16)10-23-14-7-2-1-6-13(14)18-22-23/h1-9H,10H2,(H,20,21)/b17-9+. The number of non-ortho nitro benzene ring substituents is 1. The molecule has 4 rings (SSSR count). The number of nitro benzene ring substituents is 1. The van der Waals surface area contributed by atoms with Gasteiger partial charge in [-0.15, -0.1) is 15.3 Å². The maximum Gasteiger partial charge on any atom is 0.270 e. The summed E-state index contributed by atoms with van der Waals surface area (Å²) < 4.78 is 1.76. The van der Waals surface area contributed by atoms with Crippen LogP contribution in [0.25, 0.3) is 11.0 Å². The summed E-state index contributed by atoms with van der Waals surface area (Å²) in [5, 5.41) is 32.5. The van der Waals surface area contributed by atoms with Crippen molar-refractivity contribution in [2.75, 3.05) is 5.43 Å². The quantitative estimate of drug-likeness (QED) is 0.310. The fourth-order valence-corrected chi connectivity index (χ4v) is 3.08. The Balaban J connectivity index is 1.42. The van der Waals surface area contributed by atoms with E-state index in [1.54, 1.807) is 16.8 Å². The predicted molar refractivity (Wildman–Crippen MR) is 101 cm³/mol. The van der Waals surface area contributed by atoms with Gasteiger partial charge in [-0.2, -0.15) is 5.10 Å². The smallest absolute Gasteiger partial charge is 0.258 e. The highest BCUT2D eigenvalue weighted by atomic mass is 32.1. The second-order valence-electron chi connectivity index (χ2n) is 5.46. The van der Waals surface area contributed by atoms with Gasteiger partial charge in [-0.1, -0.05) is 40.8 Å². The molecule has 0 saturated carbocycles. The van der Waals surface area contributed by atoms with E-state index in [0.717, 1.165) is 16.0 Å². The van der Waals surface area contributed by atoms with Gasteiger partial charge in [0.15, 0.2) is 0 Å². The summed E-state index contributed by atoms with van der Waals surface area (Å²) in [6.07, 6.45) is 1.49. The minimum Gasteiger partial charge on any atom is -0.258 e. The Kier molecular flexibility index (Phi) is 4.49. The van der Waals surface area contributed by atoms with Gasteiger partial charge in [-0.05, 0) is 12.1 Å². The number of benzene rings is 2. The lowest BCUT2D eigenvalue weighted by molar-refractivity contribution is -0.384. The molecule has 0 aliphatic carbocycles. The second kappa shape index (κ2) is 7.25. The third-order valence-electron chi connectivity index (χ3n) is 3.63. The number of nitro groups is 1. The van der Waals surface area contributed by atoms with Gasteiger partial charge in [-0.3, -0.25) is 15.5 Å². The SMILES string of the molecule is O=[N+]([O-])c1cccc(/C=N/Nc2nnc(Cn3nnc4ccccc43)s2)c1. The molecule has 4 aromatic rings. The summed E-state index contributed by atoms with van der Waals surface area (Å²) in [5.41, 5.74) is 5.14. The number of nitrogens with zero attached hydrogens (tertiary/aromatic N) is 7. The van der Waals surface area contributed by atoms with Crippen LogP contribution in [0.3, 0.4) is 0 Å². The van der Waals surface area contributed by atoms with Crippen LogP contribution in [0.15, 0.2) is 53.6 Å². The molecule has 2 aromatic heterocycles. The molecule has 134 valence electrons. The van der Waals surface area contributed by atoms with E-state index in [4.69, 9.17) is 0 Å². The van der Waals surface area contributed by atoms with Crippen LogP contribution >= 0.6 is 11.3 Å². The number of anilines is 1. The number of aromatic nitrogens is 5. The van der Waals surface area contributed by atoms with E-state index < -0.39 is 4.92 Å². The number of rotatable bonds is 6. The summed E-state index contributed by atoms with van der Waals surface area (Å²) in [4.78, 5) is 10.3. The number of hydrogen-bond donors (Lipinski definition) is 1. The maximum atomic E-state index is 10.8. The molecule has 0 aliphatic heterocycles. The van der Waals surface area contributed by atoms with Gasteiger partial charge in [-0.25, -0.2) is 4.68 Å². The Morgan fingerprint density at radius 2 is 2.07 bits per heavy atom. The Labute approximate surface area is 156 Å². The zero-order chi connectivity index (χ0) is 18.6. The zero-order valence-corrected chi connectivity index (χ0v) is 14.6. The van der Waals surface area contributed by atoms with Crippen molar-refractivity contribution in [2.45, 2.75) is 6.54 Å². The molecule has 0 bridgehead atoms. The third-order valence-corrected chi connectivity index (χ3v) is 4.44. The first-order valence-corrected chi connectivity index (χ1v) is 8.65. The van der Waals surface area contributed by atoms with E-state index in [1.165, 1.54) is 29.7 Å². The van der Waals surface area contributed by atoms with Gasteiger partial charge in [0, 0.05) is 17.7 Å². The molecule has 10 nitrogen and oxygen atoms in total. The predicted octanol–water partition coefficient (Wildman–Crippen LogP) is 2.69. The summed E-state index contributed by atoms with van der Waals surface area (Å²) in [5.74, 6) is 0. The average Bonchev–Trinajstić information content (AvgIpc) is 3.30. The molecule has 27 heavy (non-hydrogen) atoms. The van der Waals surface area contributed by atoms with Crippen molar-refractivity contribution in [1.82, 2.24) is 25.2 Å². The highest BCUT2D eigenvalue weighted by Crippen LogP contribution is 2.18. The van der Waals surface area contributed by atoms with Gasteiger partial charge in [0.25, 0.3) is 5.69 Å². The van der Waals surface area contributed by atoms with E-state index in [2.05, 4.69) is 31.0 Å². The lowest BCUT2D eigenvalue weighted by Crippen LogP contribution is -2.01. The monoisotopic (exact) mass is 380 g/mol. The second-order valence-corrected chi connectivity index (χ2v) is 6.52. The minimum atomic E-state index is -0.449. The fourth-order valence-electron chi connectivity index (χ4n) is 2.41. The third kappa shape index (κ3) is 3.77. The van der Waals surface area contributed by atoms with Gasteiger partial charge >= 0.3 is 0 Å². The van der Waals surface area contributed by atoms with Gasteiger partial charge < -0.3 is 0 Å². The van der Waals surface area contributed by atoms with Gasteiger partial charge in [0.1, 0.15) is 10.5 Å². The molecule has 2 aromatic carbocycles. The number of hydrazone groups is 1. The molecule has 0 unspecified atom stereocenters. The first kappa shape index (κ1) is 16.7. The van der Waals surface area contributed by atoms with Crippen LogP contribution in [0.2, 0.25) is 0 Å². The first-order chi connectivity index (χ1) is 13.2. The molecule has 0 saturated heterocycles. The number of hydrogen-bond acceptors (Lipinski definition) is 9. The van der Waals surface area contributed by atoms with E-state index in [0.29, 0.717) is 17.2 Å². The summed E-state index contributed by atoms with van der Waals surface area (Å²) in [6.45, 7) is 0.453. The van der Waals surface area contributed by atoms with Crippen molar-refractivity contribution in [2.24, 2.45) is 5.10 Å². The van der Waals surface area contributed by atoms with E-state index in [9.17, 15) is 10.1 Å². The fraction of sp³-hybridized carbons (Fsp3) is 0.0625. The van der Waals surface area contributed by atoms with Gasteiger partial charge in [0.2, 0.25) is 5.13 Å². The molecule has 0 radical (unpaired) electrons.